The van der Waals surface area contributed by atoms with Crippen molar-refractivity contribution in [2.24, 2.45) is 5.92 Å². The van der Waals surface area contributed by atoms with Crippen LogP contribution in [0.1, 0.15) is 48.9 Å². The molecule has 2 aromatic rings. The zero-order valence-electron chi connectivity index (χ0n) is 18.6. The average molecular weight is 433 g/mol. The molecule has 0 radical (unpaired) electrons. The molecule has 3 aliphatic heterocycles. The normalized spacial score (nSPS) is 21.4. The van der Waals surface area contributed by atoms with Gasteiger partial charge in [-0.2, -0.15) is 0 Å². The first-order valence-corrected chi connectivity index (χ1v) is 12.0. The van der Waals surface area contributed by atoms with Crippen LogP contribution in [-0.2, 0) is 0 Å². The second-order valence-corrected chi connectivity index (χ2v) is 9.25. The van der Waals surface area contributed by atoms with Crippen molar-refractivity contribution in [2.45, 2.75) is 38.5 Å². The summed E-state index contributed by atoms with van der Waals surface area (Å²) in [6.45, 7) is 5.13. The maximum atomic E-state index is 13.9. The summed E-state index contributed by atoms with van der Waals surface area (Å²) in [5.74, 6) is 0.355. The van der Waals surface area contributed by atoms with Gasteiger partial charge in [0.25, 0.3) is 5.91 Å². The van der Waals surface area contributed by atoms with Crippen LogP contribution in [0.4, 0.5) is 21.9 Å². The molecule has 0 aromatic heterocycles. The molecule has 0 aliphatic carbocycles. The lowest BCUT2D eigenvalue weighted by Gasteiger charge is -2.37. The third kappa shape index (κ3) is 4.24. The molecule has 0 bridgehead atoms. The minimum absolute atomic E-state index is 0.0379. The number of amides is 3. The van der Waals surface area contributed by atoms with E-state index in [0.717, 1.165) is 38.2 Å². The molecule has 3 aliphatic rings. The fraction of sp³-hybridized carbons (Fsp3) is 0.462. The minimum atomic E-state index is -0.179. The fourth-order valence-electron chi connectivity index (χ4n) is 5.32. The largest absolute Gasteiger partial charge is 0.329 e. The number of anilines is 3. The lowest BCUT2D eigenvalue weighted by Crippen LogP contribution is -2.46. The molecule has 5 rings (SSSR count). The highest BCUT2D eigenvalue weighted by molar-refractivity contribution is 6.17. The Balaban J connectivity index is 1.37. The van der Waals surface area contributed by atoms with Crippen LogP contribution >= 0.6 is 0 Å². The molecule has 0 spiro atoms. The summed E-state index contributed by atoms with van der Waals surface area (Å²) in [4.78, 5) is 33.0. The quantitative estimate of drug-likeness (QED) is 0.734. The number of rotatable bonds is 3. The Morgan fingerprint density at radius 3 is 2.50 bits per heavy atom. The number of urea groups is 1. The van der Waals surface area contributed by atoms with Gasteiger partial charge in [0.05, 0.1) is 22.6 Å². The fourth-order valence-corrected chi connectivity index (χ4v) is 5.32. The second kappa shape index (κ2) is 9.33. The van der Waals surface area contributed by atoms with Crippen molar-refractivity contribution < 1.29 is 9.59 Å². The summed E-state index contributed by atoms with van der Waals surface area (Å²) in [5, 5.41) is 2.97. The summed E-state index contributed by atoms with van der Waals surface area (Å²) in [6.07, 6.45) is 7.36. The van der Waals surface area contributed by atoms with Crippen LogP contribution < -0.4 is 10.2 Å². The molecule has 1 unspecified atom stereocenters. The Kier molecular flexibility index (Phi) is 6.12. The highest BCUT2D eigenvalue weighted by atomic mass is 16.2. The van der Waals surface area contributed by atoms with E-state index in [9.17, 15) is 9.59 Å². The zero-order valence-corrected chi connectivity index (χ0v) is 18.6. The maximum Gasteiger partial charge on any atom is 0.329 e. The summed E-state index contributed by atoms with van der Waals surface area (Å²) >= 11 is 0. The third-order valence-corrected chi connectivity index (χ3v) is 7.07. The lowest BCUT2D eigenvalue weighted by molar-refractivity contribution is 0.102. The van der Waals surface area contributed by atoms with E-state index >= 15 is 0 Å². The highest BCUT2D eigenvalue weighted by Gasteiger charge is 2.33. The van der Waals surface area contributed by atoms with E-state index in [2.05, 4.69) is 10.2 Å². The number of likely N-dealkylation sites (tertiary alicyclic amines) is 2. The van der Waals surface area contributed by atoms with Crippen LogP contribution in [0.2, 0.25) is 0 Å². The summed E-state index contributed by atoms with van der Waals surface area (Å²) in [7, 11) is 0. The van der Waals surface area contributed by atoms with E-state index < -0.39 is 0 Å². The van der Waals surface area contributed by atoms with Crippen molar-refractivity contribution in [1.29, 1.82) is 0 Å². The Hall–Kier alpha value is -2.86. The number of nitrogens with one attached hydrogen (secondary N) is 1. The van der Waals surface area contributed by atoms with Crippen LogP contribution in [0, 0.1) is 5.92 Å². The first-order valence-electron chi connectivity index (χ1n) is 12.0. The monoisotopic (exact) mass is 432 g/mol. The Morgan fingerprint density at radius 1 is 0.906 bits per heavy atom. The van der Waals surface area contributed by atoms with Gasteiger partial charge in [-0.3, -0.25) is 9.69 Å². The molecule has 3 heterocycles. The van der Waals surface area contributed by atoms with Crippen LogP contribution in [0.15, 0.2) is 48.5 Å². The van der Waals surface area contributed by atoms with Gasteiger partial charge in [-0.25, -0.2) is 4.79 Å². The molecule has 6 heteroatoms. The SMILES string of the molecule is O=C1Nc2ccccc2N(C(=O)N2CCCC(CCN3CCCCC3)C2)c2ccccc21. The van der Waals surface area contributed by atoms with Gasteiger partial charge < -0.3 is 15.1 Å². The van der Waals surface area contributed by atoms with Gasteiger partial charge in [-0.05, 0) is 81.9 Å². The summed E-state index contributed by atoms with van der Waals surface area (Å²) < 4.78 is 0. The third-order valence-electron chi connectivity index (χ3n) is 7.07. The van der Waals surface area contributed by atoms with Crippen LogP contribution in [0.3, 0.4) is 0 Å². The molecule has 2 aromatic carbocycles. The number of benzene rings is 2. The van der Waals surface area contributed by atoms with E-state index in [-0.39, 0.29) is 11.9 Å². The molecular formula is C26H32N4O2. The zero-order chi connectivity index (χ0) is 21.9. The van der Waals surface area contributed by atoms with Crippen molar-refractivity contribution in [2.75, 3.05) is 42.9 Å². The molecule has 1 N–H and O–H groups in total. The molecule has 32 heavy (non-hydrogen) atoms. The van der Waals surface area contributed by atoms with E-state index in [4.69, 9.17) is 0 Å². The predicted molar refractivity (Wildman–Crippen MR) is 128 cm³/mol. The van der Waals surface area contributed by atoms with Crippen molar-refractivity contribution in [3.8, 4) is 0 Å². The van der Waals surface area contributed by atoms with Gasteiger partial charge >= 0.3 is 6.03 Å². The number of piperidine rings is 2. The number of carbonyl (C=O) groups is 2. The minimum Gasteiger partial charge on any atom is -0.324 e. The molecule has 0 saturated carbocycles. The van der Waals surface area contributed by atoms with Crippen molar-refractivity contribution in [3.05, 3.63) is 54.1 Å². The smallest absolute Gasteiger partial charge is 0.324 e. The number of hydrogen-bond acceptors (Lipinski definition) is 3. The van der Waals surface area contributed by atoms with Crippen LogP contribution in [-0.4, -0.2) is 54.5 Å². The van der Waals surface area contributed by atoms with Gasteiger partial charge in [0.15, 0.2) is 0 Å². The molecule has 3 amide bonds. The Bertz CT molecular complexity index is 985. The first kappa shape index (κ1) is 21.0. The van der Waals surface area contributed by atoms with Gasteiger partial charge in [0.2, 0.25) is 0 Å². The number of carbonyl (C=O) groups excluding carboxylic acids is 2. The predicted octanol–water partition coefficient (Wildman–Crippen LogP) is 5.10. The van der Waals surface area contributed by atoms with Crippen molar-refractivity contribution in [1.82, 2.24) is 9.80 Å². The standard InChI is InChI=1S/C26H32N4O2/c31-25-21-10-2-4-12-23(21)30(24-13-5-3-11-22(24)27-25)26(32)29-17-8-9-20(19-29)14-18-28-15-6-1-7-16-28/h2-5,10-13,20H,1,6-9,14-19H2,(H,27,31). The maximum absolute atomic E-state index is 13.9. The molecule has 6 nitrogen and oxygen atoms in total. The van der Waals surface area contributed by atoms with Gasteiger partial charge in [0, 0.05) is 13.1 Å². The van der Waals surface area contributed by atoms with Gasteiger partial charge in [0.1, 0.15) is 0 Å². The average Bonchev–Trinajstić information content (AvgIpc) is 2.97. The molecule has 168 valence electrons. The molecule has 2 saturated heterocycles. The first-order chi connectivity index (χ1) is 15.7. The van der Waals surface area contributed by atoms with Crippen LogP contribution in [0.25, 0.3) is 0 Å². The summed E-state index contributed by atoms with van der Waals surface area (Å²) in [5.41, 5.74) is 2.57. The van der Waals surface area contributed by atoms with Crippen LogP contribution in [0.5, 0.6) is 0 Å². The molecule has 1 atom stereocenters. The number of para-hydroxylation sites is 3. The second-order valence-electron chi connectivity index (χ2n) is 9.25. The van der Waals surface area contributed by atoms with Crippen molar-refractivity contribution in [3.63, 3.8) is 0 Å². The Labute approximate surface area is 190 Å². The van der Waals surface area contributed by atoms with Gasteiger partial charge in [-0.15, -0.1) is 0 Å². The van der Waals surface area contributed by atoms with E-state index in [0.29, 0.717) is 22.9 Å². The molecular weight excluding hydrogens is 400 g/mol. The van der Waals surface area contributed by atoms with E-state index in [1.807, 2.05) is 47.4 Å². The Morgan fingerprint density at radius 2 is 1.66 bits per heavy atom. The topological polar surface area (TPSA) is 55.9 Å². The summed E-state index contributed by atoms with van der Waals surface area (Å²) in [6, 6.07) is 14.9. The highest BCUT2D eigenvalue weighted by Crippen LogP contribution is 2.39. The van der Waals surface area contributed by atoms with Crippen molar-refractivity contribution >= 4 is 29.0 Å². The van der Waals surface area contributed by atoms with Gasteiger partial charge in [-0.1, -0.05) is 30.7 Å². The number of fused-ring (bicyclic) bond motifs is 2. The van der Waals surface area contributed by atoms with E-state index in [1.54, 1.807) is 11.0 Å². The number of nitrogens with zero attached hydrogens (tertiary/aromatic N) is 3. The van der Waals surface area contributed by atoms with E-state index in [1.165, 1.54) is 38.8 Å². The molecule has 2 fully saturated rings. The lowest BCUT2D eigenvalue weighted by atomic mass is 9.94. The number of hydrogen-bond donors (Lipinski definition) is 1.